The fourth-order valence-electron chi connectivity index (χ4n) is 2.38. The lowest BCUT2D eigenvalue weighted by atomic mass is 9.79. The molecule has 1 atom stereocenters. The number of likely N-dealkylation sites (tertiary alicyclic amines) is 1. The molecular formula is C14H19Cl2FN2O. The molecule has 20 heavy (non-hydrogen) atoms. The Bertz CT molecular complexity index is 508. The molecule has 1 aromatic rings. The first kappa shape index (κ1) is 17.2. The van der Waals surface area contributed by atoms with Gasteiger partial charge >= 0.3 is 0 Å². The largest absolute Gasteiger partial charge is 0.338 e. The predicted octanol–water partition coefficient (Wildman–Crippen LogP) is 3.10. The van der Waals surface area contributed by atoms with Gasteiger partial charge in [0.05, 0.1) is 5.56 Å². The van der Waals surface area contributed by atoms with Crippen molar-refractivity contribution < 1.29 is 9.18 Å². The minimum atomic E-state index is -0.579. The van der Waals surface area contributed by atoms with Crippen LogP contribution in [-0.2, 0) is 0 Å². The maximum Gasteiger partial charge on any atom is 0.256 e. The number of benzene rings is 1. The maximum atomic E-state index is 13.8. The molecule has 0 bridgehead atoms. The van der Waals surface area contributed by atoms with Gasteiger partial charge in [-0.25, -0.2) is 4.39 Å². The molecular weight excluding hydrogens is 302 g/mol. The summed E-state index contributed by atoms with van der Waals surface area (Å²) in [6, 6.07) is 4.18. The highest BCUT2D eigenvalue weighted by Crippen LogP contribution is 2.29. The lowest BCUT2D eigenvalue weighted by Crippen LogP contribution is -2.54. The van der Waals surface area contributed by atoms with E-state index >= 15 is 0 Å². The Morgan fingerprint density at radius 2 is 2.15 bits per heavy atom. The monoisotopic (exact) mass is 320 g/mol. The van der Waals surface area contributed by atoms with Crippen LogP contribution in [0.2, 0.25) is 5.02 Å². The van der Waals surface area contributed by atoms with Gasteiger partial charge in [-0.3, -0.25) is 4.79 Å². The number of hydrogen-bond donors (Lipinski definition) is 1. The third-order valence-corrected chi connectivity index (χ3v) is 4.00. The zero-order valence-corrected chi connectivity index (χ0v) is 13.1. The molecule has 1 saturated heterocycles. The normalized spacial score (nSPS) is 21.2. The molecule has 6 heteroatoms. The molecule has 1 aliphatic rings. The maximum absolute atomic E-state index is 13.8. The molecule has 0 aliphatic carbocycles. The Kier molecular flexibility index (Phi) is 5.41. The van der Waals surface area contributed by atoms with E-state index in [1.807, 2.05) is 13.8 Å². The van der Waals surface area contributed by atoms with Crippen molar-refractivity contribution in [2.75, 3.05) is 13.1 Å². The van der Waals surface area contributed by atoms with Crippen molar-refractivity contribution in [2.45, 2.75) is 26.3 Å². The second-order valence-electron chi connectivity index (χ2n) is 5.73. The zero-order valence-electron chi connectivity index (χ0n) is 11.5. The first-order chi connectivity index (χ1) is 8.81. The van der Waals surface area contributed by atoms with E-state index in [9.17, 15) is 9.18 Å². The Balaban J connectivity index is 0.00000200. The molecule has 112 valence electrons. The van der Waals surface area contributed by atoms with E-state index < -0.39 is 5.82 Å². The molecule has 1 heterocycles. The van der Waals surface area contributed by atoms with Crippen LogP contribution in [0.25, 0.3) is 0 Å². The van der Waals surface area contributed by atoms with Gasteiger partial charge in [-0.1, -0.05) is 25.4 Å². The summed E-state index contributed by atoms with van der Waals surface area (Å²) < 4.78 is 13.8. The second kappa shape index (κ2) is 6.29. The zero-order chi connectivity index (χ0) is 14.2. The Morgan fingerprint density at radius 3 is 2.70 bits per heavy atom. The number of carbonyl (C=O) groups excluding carboxylic acids is 1. The van der Waals surface area contributed by atoms with Crippen molar-refractivity contribution >= 4 is 29.9 Å². The third-order valence-electron chi connectivity index (χ3n) is 3.76. The number of amides is 1. The SMILES string of the molecule is CC1(C)CN(C(=O)c2ccc(Cl)cc2F)CCC1N.Cl. The minimum absolute atomic E-state index is 0. The van der Waals surface area contributed by atoms with E-state index in [-0.39, 0.29) is 40.4 Å². The minimum Gasteiger partial charge on any atom is -0.338 e. The van der Waals surface area contributed by atoms with E-state index in [0.29, 0.717) is 13.1 Å². The number of nitrogens with two attached hydrogens (primary N) is 1. The number of halogens is 3. The molecule has 2 rings (SSSR count). The highest BCUT2D eigenvalue weighted by atomic mass is 35.5. The Hall–Kier alpha value is -0.840. The standard InChI is InChI=1S/C14H18ClFN2O.ClH/c1-14(2)8-18(6-5-12(14)17)13(19)10-4-3-9(15)7-11(10)16;/h3-4,7,12H,5-6,8,17H2,1-2H3;1H. The first-order valence-corrected chi connectivity index (χ1v) is 6.69. The van der Waals surface area contributed by atoms with Gasteiger partial charge in [0.2, 0.25) is 0 Å². The van der Waals surface area contributed by atoms with Crippen molar-refractivity contribution in [1.82, 2.24) is 4.90 Å². The van der Waals surface area contributed by atoms with Gasteiger partial charge in [-0.15, -0.1) is 12.4 Å². The summed E-state index contributed by atoms with van der Waals surface area (Å²) in [5.74, 6) is -0.876. The van der Waals surface area contributed by atoms with Gasteiger partial charge in [-0.2, -0.15) is 0 Å². The van der Waals surface area contributed by atoms with Gasteiger partial charge in [0.15, 0.2) is 0 Å². The van der Waals surface area contributed by atoms with E-state index in [1.165, 1.54) is 12.1 Å². The van der Waals surface area contributed by atoms with Gasteiger partial charge < -0.3 is 10.6 Å². The van der Waals surface area contributed by atoms with Crippen LogP contribution in [0.4, 0.5) is 4.39 Å². The fourth-order valence-corrected chi connectivity index (χ4v) is 2.54. The van der Waals surface area contributed by atoms with Crippen LogP contribution in [0.1, 0.15) is 30.6 Å². The summed E-state index contributed by atoms with van der Waals surface area (Å²) in [7, 11) is 0. The topological polar surface area (TPSA) is 46.3 Å². The second-order valence-corrected chi connectivity index (χ2v) is 6.17. The molecule has 2 N–H and O–H groups in total. The summed E-state index contributed by atoms with van der Waals surface area (Å²) in [6.45, 7) is 5.14. The highest BCUT2D eigenvalue weighted by Gasteiger charge is 2.36. The average molecular weight is 321 g/mol. The number of piperidine rings is 1. The molecule has 1 fully saturated rings. The summed E-state index contributed by atoms with van der Waals surface area (Å²) in [6.07, 6.45) is 0.730. The first-order valence-electron chi connectivity index (χ1n) is 6.31. The summed E-state index contributed by atoms with van der Waals surface area (Å²) >= 11 is 5.69. The van der Waals surface area contributed by atoms with Crippen molar-refractivity contribution in [2.24, 2.45) is 11.1 Å². The fraction of sp³-hybridized carbons (Fsp3) is 0.500. The van der Waals surface area contributed by atoms with E-state index in [1.54, 1.807) is 4.90 Å². The van der Waals surface area contributed by atoms with Crippen molar-refractivity contribution in [3.8, 4) is 0 Å². The van der Waals surface area contributed by atoms with E-state index in [0.717, 1.165) is 12.5 Å². The molecule has 1 unspecified atom stereocenters. The molecule has 3 nitrogen and oxygen atoms in total. The van der Waals surface area contributed by atoms with Gasteiger partial charge in [0, 0.05) is 24.2 Å². The molecule has 0 spiro atoms. The predicted molar refractivity (Wildman–Crippen MR) is 80.9 cm³/mol. The van der Waals surface area contributed by atoms with Crippen molar-refractivity contribution in [3.05, 3.63) is 34.6 Å². The van der Waals surface area contributed by atoms with Crippen molar-refractivity contribution in [1.29, 1.82) is 0 Å². The molecule has 1 aromatic carbocycles. The van der Waals surface area contributed by atoms with Crippen LogP contribution in [0.3, 0.4) is 0 Å². The summed E-state index contributed by atoms with van der Waals surface area (Å²) in [5.41, 5.74) is 5.94. The molecule has 1 amide bonds. The Morgan fingerprint density at radius 1 is 1.50 bits per heavy atom. The highest BCUT2D eigenvalue weighted by molar-refractivity contribution is 6.30. The number of rotatable bonds is 1. The lowest BCUT2D eigenvalue weighted by Gasteiger charge is -2.42. The van der Waals surface area contributed by atoms with Gasteiger partial charge in [-0.05, 0) is 30.0 Å². The van der Waals surface area contributed by atoms with E-state index in [2.05, 4.69) is 0 Å². The lowest BCUT2D eigenvalue weighted by molar-refractivity contribution is 0.0528. The van der Waals surface area contributed by atoms with Crippen LogP contribution >= 0.6 is 24.0 Å². The summed E-state index contributed by atoms with van der Waals surface area (Å²) in [4.78, 5) is 14.0. The van der Waals surface area contributed by atoms with Crippen molar-refractivity contribution in [3.63, 3.8) is 0 Å². The quantitative estimate of drug-likeness (QED) is 0.864. The smallest absolute Gasteiger partial charge is 0.256 e. The van der Waals surface area contributed by atoms with Gasteiger partial charge in [0.25, 0.3) is 5.91 Å². The third kappa shape index (κ3) is 3.43. The van der Waals surface area contributed by atoms with Crippen LogP contribution in [0.5, 0.6) is 0 Å². The average Bonchev–Trinajstić information content (AvgIpc) is 2.32. The summed E-state index contributed by atoms with van der Waals surface area (Å²) in [5, 5.41) is 0.287. The van der Waals surface area contributed by atoms with Crippen LogP contribution in [0, 0.1) is 11.2 Å². The molecule has 0 saturated carbocycles. The number of carbonyl (C=O) groups is 1. The molecule has 1 aliphatic heterocycles. The number of nitrogens with zero attached hydrogens (tertiary/aromatic N) is 1. The van der Waals surface area contributed by atoms with Crippen LogP contribution in [0.15, 0.2) is 18.2 Å². The van der Waals surface area contributed by atoms with Crippen LogP contribution < -0.4 is 5.73 Å². The van der Waals surface area contributed by atoms with E-state index in [4.69, 9.17) is 17.3 Å². The van der Waals surface area contributed by atoms with Crippen LogP contribution in [-0.4, -0.2) is 29.9 Å². The number of hydrogen-bond acceptors (Lipinski definition) is 2. The Labute approximate surface area is 129 Å². The molecule has 0 aromatic heterocycles. The van der Waals surface area contributed by atoms with Gasteiger partial charge in [0.1, 0.15) is 5.82 Å². The molecule has 0 radical (unpaired) electrons.